The van der Waals surface area contributed by atoms with Crippen LogP contribution in [0.4, 0.5) is 5.69 Å². The van der Waals surface area contributed by atoms with Gasteiger partial charge < -0.3 is 24.8 Å². The van der Waals surface area contributed by atoms with Crippen LogP contribution >= 0.6 is 0 Å². The Bertz CT molecular complexity index is 959. The van der Waals surface area contributed by atoms with E-state index in [4.69, 9.17) is 9.47 Å². The molecule has 1 saturated heterocycles. The van der Waals surface area contributed by atoms with Crippen LogP contribution in [0, 0.1) is 0 Å². The lowest BCUT2D eigenvalue weighted by molar-refractivity contribution is -0.119. The molecule has 28 heavy (non-hydrogen) atoms. The topological polar surface area (TPSA) is 105 Å². The molecule has 0 aromatic heterocycles. The van der Waals surface area contributed by atoms with Crippen molar-refractivity contribution in [1.29, 1.82) is 0 Å². The molecule has 8 nitrogen and oxygen atoms in total. The van der Waals surface area contributed by atoms with Crippen LogP contribution in [-0.2, 0) is 4.79 Å². The minimum absolute atomic E-state index is 0.0867. The fraction of sp³-hybridized carbons (Fsp3) is 0.250. The summed E-state index contributed by atoms with van der Waals surface area (Å²) in [4.78, 5) is 39.1. The number of rotatable bonds is 3. The molecule has 4 rings (SSSR count). The number of methoxy groups -OCH3 is 1. The van der Waals surface area contributed by atoms with E-state index in [2.05, 4.69) is 5.32 Å². The van der Waals surface area contributed by atoms with Crippen LogP contribution in [0.1, 0.15) is 27.1 Å². The summed E-state index contributed by atoms with van der Waals surface area (Å²) in [5.41, 5.74) is 0.797. The zero-order valence-corrected chi connectivity index (χ0v) is 15.0. The van der Waals surface area contributed by atoms with Gasteiger partial charge in [-0.25, -0.2) is 4.79 Å². The Balaban J connectivity index is 1.70. The van der Waals surface area contributed by atoms with Gasteiger partial charge in [0.1, 0.15) is 6.04 Å². The van der Waals surface area contributed by atoms with Crippen molar-refractivity contribution < 1.29 is 29.0 Å². The molecule has 2 atom stereocenters. The first-order valence-corrected chi connectivity index (χ1v) is 8.77. The first-order chi connectivity index (χ1) is 13.5. The normalized spacial score (nSPS) is 20.7. The molecule has 0 bridgehead atoms. The number of carbonyl (C=O) groups is 3. The first kappa shape index (κ1) is 18.0. The van der Waals surface area contributed by atoms with Gasteiger partial charge in [-0.3, -0.25) is 9.59 Å². The summed E-state index contributed by atoms with van der Waals surface area (Å²) in [7, 11) is 1.39. The number of nitrogens with one attached hydrogen (secondary N) is 1. The Labute approximate surface area is 160 Å². The SMILES string of the molecule is COc1cc2c(cc1OC(=O)c1ccccc1)NC(=O)[C@@H]1C[C@@H](O)CN1C2=O. The Hall–Kier alpha value is -3.39. The third-order valence-corrected chi connectivity index (χ3v) is 4.85. The summed E-state index contributed by atoms with van der Waals surface area (Å²) in [6.07, 6.45) is -0.562. The van der Waals surface area contributed by atoms with Gasteiger partial charge in [-0.2, -0.15) is 0 Å². The average molecular weight is 382 g/mol. The van der Waals surface area contributed by atoms with Gasteiger partial charge in [0, 0.05) is 19.0 Å². The number of anilines is 1. The van der Waals surface area contributed by atoms with E-state index >= 15 is 0 Å². The van der Waals surface area contributed by atoms with Crippen LogP contribution in [0.25, 0.3) is 0 Å². The molecular weight excluding hydrogens is 364 g/mol. The van der Waals surface area contributed by atoms with Gasteiger partial charge in [0.05, 0.1) is 30.0 Å². The molecule has 0 aliphatic carbocycles. The molecule has 1 fully saturated rings. The maximum Gasteiger partial charge on any atom is 0.343 e. The molecule has 2 heterocycles. The summed E-state index contributed by atoms with van der Waals surface area (Å²) in [5.74, 6) is -1.11. The first-order valence-electron chi connectivity index (χ1n) is 8.77. The summed E-state index contributed by atoms with van der Waals surface area (Å²) in [5, 5.41) is 12.5. The highest BCUT2D eigenvalue weighted by Crippen LogP contribution is 2.37. The zero-order valence-electron chi connectivity index (χ0n) is 15.0. The van der Waals surface area contributed by atoms with Crippen LogP contribution in [0.15, 0.2) is 42.5 Å². The van der Waals surface area contributed by atoms with E-state index in [0.717, 1.165) is 0 Å². The van der Waals surface area contributed by atoms with E-state index in [-0.39, 0.29) is 35.7 Å². The molecule has 0 radical (unpaired) electrons. The quantitative estimate of drug-likeness (QED) is 0.615. The molecule has 2 aliphatic rings. The number of amides is 2. The molecule has 2 aromatic carbocycles. The Morgan fingerprint density at radius 1 is 1.18 bits per heavy atom. The summed E-state index contributed by atoms with van der Waals surface area (Å²) < 4.78 is 10.7. The van der Waals surface area contributed by atoms with Crippen molar-refractivity contribution in [3.05, 3.63) is 53.6 Å². The Morgan fingerprint density at radius 2 is 1.93 bits per heavy atom. The Morgan fingerprint density at radius 3 is 2.64 bits per heavy atom. The van der Waals surface area contributed by atoms with Gasteiger partial charge >= 0.3 is 5.97 Å². The average Bonchev–Trinajstić information content (AvgIpc) is 3.06. The number of aliphatic hydroxyl groups excluding tert-OH is 1. The maximum atomic E-state index is 12.9. The van der Waals surface area contributed by atoms with Crippen molar-refractivity contribution in [1.82, 2.24) is 4.90 Å². The van der Waals surface area contributed by atoms with Crippen molar-refractivity contribution >= 4 is 23.5 Å². The lowest BCUT2D eigenvalue weighted by atomic mass is 10.1. The molecule has 2 N–H and O–H groups in total. The van der Waals surface area contributed by atoms with Crippen LogP contribution in [0.5, 0.6) is 11.5 Å². The molecular formula is C20H18N2O6. The lowest BCUT2D eigenvalue weighted by Crippen LogP contribution is -2.40. The standard InChI is InChI=1S/C20H18N2O6/c1-27-16-8-13-14(9-17(16)28-20(26)11-5-3-2-4-6-11)21-18(24)15-7-12(23)10-22(15)19(13)25/h2-6,8-9,12,15,23H,7,10H2,1H3,(H,21,24)/t12-,15+/m1/s1. The largest absolute Gasteiger partial charge is 0.493 e. The van der Waals surface area contributed by atoms with E-state index in [1.54, 1.807) is 30.3 Å². The summed E-state index contributed by atoms with van der Waals surface area (Å²) in [6.45, 7) is 0.0867. The summed E-state index contributed by atoms with van der Waals surface area (Å²) in [6, 6.07) is 10.5. The highest BCUT2D eigenvalue weighted by Gasteiger charge is 2.42. The van der Waals surface area contributed by atoms with Crippen molar-refractivity contribution in [2.45, 2.75) is 18.6 Å². The highest BCUT2D eigenvalue weighted by atomic mass is 16.6. The number of fused-ring (bicyclic) bond motifs is 2. The van der Waals surface area contributed by atoms with E-state index in [1.807, 2.05) is 0 Å². The minimum atomic E-state index is -0.741. The second kappa shape index (κ2) is 6.97. The van der Waals surface area contributed by atoms with E-state index < -0.39 is 29.9 Å². The van der Waals surface area contributed by atoms with Crippen molar-refractivity contribution in [3.8, 4) is 11.5 Å². The zero-order chi connectivity index (χ0) is 19.8. The molecule has 0 unspecified atom stereocenters. The van der Waals surface area contributed by atoms with Crippen LogP contribution in [0.2, 0.25) is 0 Å². The van der Waals surface area contributed by atoms with E-state index in [0.29, 0.717) is 5.56 Å². The number of hydrogen-bond donors (Lipinski definition) is 2. The molecule has 8 heteroatoms. The highest BCUT2D eigenvalue weighted by molar-refractivity contribution is 6.11. The number of ether oxygens (including phenoxy) is 2. The smallest absolute Gasteiger partial charge is 0.343 e. The molecule has 2 amide bonds. The third kappa shape index (κ3) is 3.07. The molecule has 0 spiro atoms. The number of aliphatic hydroxyl groups is 1. The predicted molar refractivity (Wildman–Crippen MR) is 98.5 cm³/mol. The van der Waals surface area contributed by atoms with Crippen LogP contribution < -0.4 is 14.8 Å². The lowest BCUT2D eigenvalue weighted by Gasteiger charge is -2.19. The number of benzene rings is 2. The molecule has 0 saturated carbocycles. The number of esters is 1. The third-order valence-electron chi connectivity index (χ3n) is 4.85. The number of carbonyl (C=O) groups excluding carboxylic acids is 3. The molecule has 144 valence electrons. The second-order valence-corrected chi connectivity index (χ2v) is 6.66. The molecule has 2 aliphatic heterocycles. The maximum absolute atomic E-state index is 12.9. The predicted octanol–water partition coefficient (Wildman–Crippen LogP) is 1.44. The fourth-order valence-electron chi connectivity index (χ4n) is 3.47. The second-order valence-electron chi connectivity index (χ2n) is 6.66. The van der Waals surface area contributed by atoms with Gasteiger partial charge in [0.15, 0.2) is 11.5 Å². The van der Waals surface area contributed by atoms with Gasteiger partial charge in [0.2, 0.25) is 5.91 Å². The fourth-order valence-corrected chi connectivity index (χ4v) is 3.47. The van der Waals surface area contributed by atoms with Gasteiger partial charge in [-0.05, 0) is 18.2 Å². The number of hydrogen-bond acceptors (Lipinski definition) is 6. The minimum Gasteiger partial charge on any atom is -0.493 e. The number of nitrogens with zero attached hydrogens (tertiary/aromatic N) is 1. The van der Waals surface area contributed by atoms with E-state index in [9.17, 15) is 19.5 Å². The monoisotopic (exact) mass is 382 g/mol. The van der Waals surface area contributed by atoms with Crippen LogP contribution in [-0.4, -0.2) is 53.6 Å². The van der Waals surface area contributed by atoms with Gasteiger partial charge in [-0.1, -0.05) is 18.2 Å². The van der Waals surface area contributed by atoms with Crippen molar-refractivity contribution in [2.24, 2.45) is 0 Å². The van der Waals surface area contributed by atoms with Crippen molar-refractivity contribution in [2.75, 3.05) is 19.0 Å². The van der Waals surface area contributed by atoms with Gasteiger partial charge in [0.25, 0.3) is 5.91 Å². The van der Waals surface area contributed by atoms with Crippen molar-refractivity contribution in [3.63, 3.8) is 0 Å². The molecule has 2 aromatic rings. The Kier molecular flexibility index (Phi) is 4.48. The van der Waals surface area contributed by atoms with E-state index in [1.165, 1.54) is 24.1 Å². The summed E-state index contributed by atoms with van der Waals surface area (Å²) >= 11 is 0. The van der Waals surface area contributed by atoms with Crippen LogP contribution in [0.3, 0.4) is 0 Å². The van der Waals surface area contributed by atoms with Gasteiger partial charge in [-0.15, -0.1) is 0 Å².